The predicted octanol–water partition coefficient (Wildman–Crippen LogP) is 6.30. The van der Waals surface area contributed by atoms with Crippen LogP contribution in [-0.4, -0.2) is 15.0 Å². The Kier molecular flexibility index (Phi) is 3.96. The number of rotatable bonds is 3. The molecule has 3 aromatic carbocycles. The third kappa shape index (κ3) is 3.12. The van der Waals surface area contributed by atoms with Gasteiger partial charge in [0.2, 0.25) is 5.95 Å². The fourth-order valence-electron chi connectivity index (χ4n) is 2.99. The molecular formula is C21H13ClN4S. The van der Waals surface area contributed by atoms with Gasteiger partial charge in [0.1, 0.15) is 0 Å². The predicted molar refractivity (Wildman–Crippen MR) is 113 cm³/mol. The number of hydrogen-bond donors (Lipinski definition) is 1. The summed E-state index contributed by atoms with van der Waals surface area (Å²) in [5, 5.41) is 5.61. The maximum Gasteiger partial charge on any atom is 0.230 e. The molecule has 0 aliphatic rings. The number of fused-ring (bicyclic) bond motifs is 2. The Morgan fingerprint density at radius 3 is 2.44 bits per heavy atom. The molecule has 0 saturated carbocycles. The van der Waals surface area contributed by atoms with Gasteiger partial charge in [-0.25, -0.2) is 15.0 Å². The van der Waals surface area contributed by atoms with Crippen molar-refractivity contribution >= 4 is 55.1 Å². The average molecular weight is 389 g/mol. The zero-order valence-electron chi connectivity index (χ0n) is 14.1. The lowest BCUT2D eigenvalue weighted by Gasteiger charge is -2.09. The minimum absolute atomic E-state index is 0.516. The van der Waals surface area contributed by atoms with E-state index in [-0.39, 0.29) is 0 Å². The molecule has 0 radical (unpaired) electrons. The van der Waals surface area contributed by atoms with Crippen molar-refractivity contribution in [2.24, 2.45) is 0 Å². The van der Waals surface area contributed by atoms with Crippen molar-refractivity contribution in [2.45, 2.75) is 0 Å². The number of nitrogens with one attached hydrogen (secondary N) is 1. The van der Waals surface area contributed by atoms with Gasteiger partial charge in [0.05, 0.1) is 21.4 Å². The van der Waals surface area contributed by atoms with E-state index in [4.69, 9.17) is 16.6 Å². The van der Waals surface area contributed by atoms with Crippen molar-refractivity contribution in [1.82, 2.24) is 15.0 Å². The molecular weight excluding hydrogens is 376 g/mol. The molecule has 0 bridgehead atoms. The minimum Gasteiger partial charge on any atom is -0.300 e. The van der Waals surface area contributed by atoms with Gasteiger partial charge in [-0.2, -0.15) is 0 Å². The monoisotopic (exact) mass is 388 g/mol. The van der Waals surface area contributed by atoms with Gasteiger partial charge in [-0.3, -0.25) is 5.32 Å². The zero-order chi connectivity index (χ0) is 18.2. The summed E-state index contributed by atoms with van der Waals surface area (Å²) in [5.41, 5.74) is 3.64. The molecule has 2 heterocycles. The van der Waals surface area contributed by atoms with Gasteiger partial charge in [0.25, 0.3) is 0 Å². The zero-order valence-corrected chi connectivity index (χ0v) is 15.6. The topological polar surface area (TPSA) is 50.7 Å². The van der Waals surface area contributed by atoms with Crippen LogP contribution in [0.2, 0.25) is 5.02 Å². The molecule has 0 amide bonds. The Morgan fingerprint density at radius 1 is 0.778 bits per heavy atom. The van der Waals surface area contributed by atoms with E-state index < -0.39 is 0 Å². The Morgan fingerprint density at radius 2 is 1.59 bits per heavy atom. The van der Waals surface area contributed by atoms with Gasteiger partial charge in [-0.1, -0.05) is 65.4 Å². The van der Waals surface area contributed by atoms with Crippen LogP contribution in [-0.2, 0) is 0 Å². The van der Waals surface area contributed by atoms with Gasteiger partial charge >= 0.3 is 0 Å². The van der Waals surface area contributed by atoms with Crippen LogP contribution in [0, 0.1) is 0 Å². The number of anilines is 2. The molecule has 2 aromatic heterocycles. The van der Waals surface area contributed by atoms with Crippen LogP contribution in [0.15, 0.2) is 72.8 Å². The highest BCUT2D eigenvalue weighted by molar-refractivity contribution is 7.22. The van der Waals surface area contributed by atoms with Crippen molar-refractivity contribution in [3.8, 4) is 11.3 Å². The molecule has 0 aliphatic carbocycles. The van der Waals surface area contributed by atoms with E-state index in [1.165, 1.54) is 0 Å². The van der Waals surface area contributed by atoms with Gasteiger partial charge < -0.3 is 0 Å². The standard InChI is InChI=1S/C21H13ClN4S/c22-14-10-11-16-15(12-14)19(13-6-2-1-3-7-13)25-20(23-16)26-21-24-17-8-4-5-9-18(17)27-21/h1-12H,(H,23,24,25,26). The van der Waals surface area contributed by atoms with E-state index in [1.54, 1.807) is 11.3 Å². The normalized spacial score (nSPS) is 11.1. The van der Waals surface area contributed by atoms with E-state index in [0.717, 1.165) is 37.5 Å². The summed E-state index contributed by atoms with van der Waals surface area (Å²) in [6, 6.07) is 23.7. The molecule has 130 valence electrons. The first-order chi connectivity index (χ1) is 13.3. The molecule has 27 heavy (non-hydrogen) atoms. The van der Waals surface area contributed by atoms with E-state index in [0.29, 0.717) is 11.0 Å². The molecule has 0 atom stereocenters. The molecule has 0 saturated heterocycles. The second-order valence-electron chi connectivity index (χ2n) is 6.04. The molecule has 0 unspecified atom stereocenters. The molecule has 0 spiro atoms. The minimum atomic E-state index is 0.516. The maximum absolute atomic E-state index is 6.21. The SMILES string of the molecule is Clc1ccc2nc(Nc3nc4ccccc4s3)nc(-c3ccccc3)c2c1. The lowest BCUT2D eigenvalue weighted by Crippen LogP contribution is -1.99. The Bertz CT molecular complexity index is 1230. The quantitative estimate of drug-likeness (QED) is 0.394. The second kappa shape index (κ2) is 6.61. The van der Waals surface area contributed by atoms with Crippen molar-refractivity contribution in [1.29, 1.82) is 0 Å². The van der Waals surface area contributed by atoms with Gasteiger partial charge in [0, 0.05) is 16.0 Å². The van der Waals surface area contributed by atoms with Crippen molar-refractivity contribution in [2.75, 3.05) is 5.32 Å². The fourth-order valence-corrected chi connectivity index (χ4v) is 4.03. The second-order valence-corrected chi connectivity index (χ2v) is 7.50. The van der Waals surface area contributed by atoms with Crippen LogP contribution in [0.5, 0.6) is 0 Å². The Hall–Kier alpha value is -3.02. The Labute approximate surface area is 164 Å². The summed E-state index contributed by atoms with van der Waals surface area (Å²) in [4.78, 5) is 14.0. The van der Waals surface area contributed by atoms with Crippen molar-refractivity contribution in [3.63, 3.8) is 0 Å². The number of halogens is 1. The first kappa shape index (κ1) is 16.2. The largest absolute Gasteiger partial charge is 0.300 e. The molecule has 1 N–H and O–H groups in total. The number of hydrogen-bond acceptors (Lipinski definition) is 5. The molecule has 0 aliphatic heterocycles. The van der Waals surface area contributed by atoms with Crippen LogP contribution in [0.25, 0.3) is 32.4 Å². The summed E-state index contributed by atoms with van der Waals surface area (Å²) in [7, 11) is 0. The van der Waals surface area contributed by atoms with Crippen LogP contribution in [0.3, 0.4) is 0 Å². The average Bonchev–Trinajstić information content (AvgIpc) is 3.10. The highest BCUT2D eigenvalue weighted by atomic mass is 35.5. The smallest absolute Gasteiger partial charge is 0.230 e. The van der Waals surface area contributed by atoms with E-state index >= 15 is 0 Å². The van der Waals surface area contributed by atoms with Gasteiger partial charge in [0.15, 0.2) is 5.13 Å². The lowest BCUT2D eigenvalue weighted by atomic mass is 10.1. The summed E-state index contributed by atoms with van der Waals surface area (Å²) < 4.78 is 1.12. The molecule has 5 aromatic rings. The van der Waals surface area contributed by atoms with E-state index in [2.05, 4.69) is 21.4 Å². The first-order valence-electron chi connectivity index (χ1n) is 8.41. The van der Waals surface area contributed by atoms with Crippen LogP contribution < -0.4 is 5.32 Å². The highest BCUT2D eigenvalue weighted by Gasteiger charge is 2.12. The number of thiazole rings is 1. The summed E-state index contributed by atoms with van der Waals surface area (Å²) in [6.07, 6.45) is 0. The number of benzene rings is 3. The summed E-state index contributed by atoms with van der Waals surface area (Å²) >= 11 is 7.79. The molecule has 6 heteroatoms. The van der Waals surface area contributed by atoms with Crippen LogP contribution in [0.1, 0.15) is 0 Å². The molecule has 5 rings (SSSR count). The summed E-state index contributed by atoms with van der Waals surface area (Å²) in [5.74, 6) is 0.516. The third-order valence-corrected chi connectivity index (χ3v) is 5.40. The van der Waals surface area contributed by atoms with Crippen LogP contribution >= 0.6 is 22.9 Å². The molecule has 0 fully saturated rings. The highest BCUT2D eigenvalue weighted by Crippen LogP contribution is 2.31. The van der Waals surface area contributed by atoms with Crippen molar-refractivity contribution in [3.05, 3.63) is 77.8 Å². The summed E-state index contributed by atoms with van der Waals surface area (Å²) in [6.45, 7) is 0. The number of aromatic nitrogens is 3. The number of para-hydroxylation sites is 1. The fraction of sp³-hybridized carbons (Fsp3) is 0. The van der Waals surface area contributed by atoms with E-state index in [1.807, 2.05) is 66.7 Å². The molecule has 4 nitrogen and oxygen atoms in total. The maximum atomic E-state index is 6.21. The first-order valence-corrected chi connectivity index (χ1v) is 9.61. The third-order valence-electron chi connectivity index (χ3n) is 4.22. The number of nitrogens with zero attached hydrogens (tertiary/aromatic N) is 3. The van der Waals surface area contributed by atoms with Crippen molar-refractivity contribution < 1.29 is 0 Å². The van der Waals surface area contributed by atoms with E-state index in [9.17, 15) is 0 Å². The Balaban J connectivity index is 1.65. The lowest BCUT2D eigenvalue weighted by molar-refractivity contribution is 1.21. The van der Waals surface area contributed by atoms with Gasteiger partial charge in [-0.05, 0) is 30.3 Å². The van der Waals surface area contributed by atoms with Gasteiger partial charge in [-0.15, -0.1) is 0 Å². The van der Waals surface area contributed by atoms with Crippen LogP contribution in [0.4, 0.5) is 11.1 Å².